The molecule has 0 radical (unpaired) electrons. The van der Waals surface area contributed by atoms with Crippen molar-refractivity contribution in [1.82, 2.24) is 36.8 Å². The first-order valence-electron chi connectivity index (χ1n) is 18.9. The molecule has 2 heterocycles. The van der Waals surface area contributed by atoms with Gasteiger partial charge in [0.2, 0.25) is 35.4 Å². The van der Waals surface area contributed by atoms with Gasteiger partial charge in [-0.2, -0.15) is 0 Å². The summed E-state index contributed by atoms with van der Waals surface area (Å²) in [7, 11) is 0. The van der Waals surface area contributed by atoms with Crippen molar-refractivity contribution in [2.24, 2.45) is 5.92 Å². The van der Waals surface area contributed by atoms with Crippen LogP contribution >= 0.6 is 0 Å². The van der Waals surface area contributed by atoms with Crippen molar-refractivity contribution < 1.29 is 48.9 Å². The topological polar surface area (TPSA) is 256 Å². The van der Waals surface area contributed by atoms with E-state index in [1.54, 1.807) is 58.6 Å². The molecule has 17 nitrogen and oxygen atoms in total. The molecule has 9 atom stereocenters. The number of carbonyl (C=O) groups excluding carboxylic acids is 6. The summed E-state index contributed by atoms with van der Waals surface area (Å²) in [5.41, 5.74) is 0.0529. The quantitative estimate of drug-likeness (QED) is 0.156. The summed E-state index contributed by atoms with van der Waals surface area (Å²) in [6.45, 7) is 12.0. The number of aliphatic hydroxyl groups is 2. The summed E-state index contributed by atoms with van der Waals surface area (Å²) in [4.78, 5) is 96.0. The summed E-state index contributed by atoms with van der Waals surface area (Å²) in [5.74, 6) is -6.24. The van der Waals surface area contributed by atoms with Gasteiger partial charge in [0.1, 0.15) is 24.2 Å². The first-order valence-corrected chi connectivity index (χ1v) is 18.9. The maximum Gasteiger partial charge on any atom is 0.305 e. The van der Waals surface area contributed by atoms with Crippen LogP contribution < -0.4 is 31.9 Å². The smallest absolute Gasteiger partial charge is 0.305 e. The van der Waals surface area contributed by atoms with E-state index in [2.05, 4.69) is 31.9 Å². The number of carbonyl (C=O) groups is 7. The standard InChI is InChI=1S/C38H59N7O10/c1-20(2)16-25-33(51)42-26(18-30(49)50)34(52)43-31(22(4)46)36(54)39-21(3)32(37(55)44-38(5,6)7)45-15-11-14-27(45)35(53)41-24(28(47)19-29(48)40-25)17-23-12-9-8-10-13-23/h8-10,12-13,20-22,24-28,31-32,46-47H,11,14-19H2,1-7H3,(H,39,54)(H,40,48)(H,41,53)(H,42,51)(H,43,52)(H,44,55)(H,49,50)/t21-,22+,24-,25-,26+,27-,28-,31-,32-/m0/s1. The number of fused-ring (bicyclic) bond motifs is 1. The van der Waals surface area contributed by atoms with Crippen molar-refractivity contribution in [3.63, 3.8) is 0 Å². The Morgan fingerprint density at radius 3 is 2.11 bits per heavy atom. The Kier molecular flexibility index (Phi) is 16.1. The zero-order chi connectivity index (χ0) is 41.2. The van der Waals surface area contributed by atoms with Crippen molar-refractivity contribution in [3.8, 4) is 0 Å². The van der Waals surface area contributed by atoms with Gasteiger partial charge >= 0.3 is 5.97 Å². The number of hydrogen-bond donors (Lipinski definition) is 9. The molecule has 1 aromatic rings. The Hall–Kier alpha value is -4.61. The minimum atomic E-state index is -1.72. The number of nitrogens with one attached hydrogen (secondary N) is 6. The maximum absolute atomic E-state index is 14.2. The predicted octanol–water partition coefficient (Wildman–Crippen LogP) is -0.913. The molecule has 2 saturated heterocycles. The fourth-order valence-electron chi connectivity index (χ4n) is 6.94. The van der Waals surface area contributed by atoms with Crippen molar-refractivity contribution in [3.05, 3.63) is 35.9 Å². The Balaban J connectivity index is 2.13. The van der Waals surface area contributed by atoms with Crippen LogP contribution in [0.4, 0.5) is 0 Å². The molecule has 0 spiro atoms. The second-order valence-corrected chi connectivity index (χ2v) is 16.1. The zero-order valence-corrected chi connectivity index (χ0v) is 32.8. The minimum absolute atomic E-state index is 0.0807. The predicted molar refractivity (Wildman–Crippen MR) is 201 cm³/mol. The molecular formula is C38H59N7O10. The summed E-state index contributed by atoms with van der Waals surface area (Å²) in [6.07, 6.45) is -3.30. The second kappa shape index (κ2) is 19.8. The van der Waals surface area contributed by atoms with Crippen molar-refractivity contribution in [2.45, 2.75) is 147 Å². The highest BCUT2D eigenvalue weighted by Gasteiger charge is 2.44. The summed E-state index contributed by atoms with van der Waals surface area (Å²) in [5, 5.41) is 47.6. The van der Waals surface area contributed by atoms with Crippen LogP contribution in [0.3, 0.4) is 0 Å². The van der Waals surface area contributed by atoms with Gasteiger partial charge in [0.05, 0.1) is 43.2 Å². The third-order valence-corrected chi connectivity index (χ3v) is 9.48. The van der Waals surface area contributed by atoms with E-state index in [0.29, 0.717) is 19.4 Å². The van der Waals surface area contributed by atoms with Gasteiger partial charge in [-0.3, -0.25) is 38.5 Å². The molecule has 2 aliphatic heterocycles. The lowest BCUT2D eigenvalue weighted by Crippen LogP contribution is -2.65. The van der Waals surface area contributed by atoms with E-state index in [1.807, 2.05) is 18.2 Å². The van der Waals surface area contributed by atoms with Crippen LogP contribution in [0.2, 0.25) is 0 Å². The van der Waals surface area contributed by atoms with Crippen LogP contribution in [0.15, 0.2) is 30.3 Å². The lowest BCUT2D eigenvalue weighted by Gasteiger charge is -2.38. The van der Waals surface area contributed by atoms with Gasteiger partial charge in [0, 0.05) is 5.54 Å². The number of carboxylic acid groups (broad SMARTS) is 1. The summed E-state index contributed by atoms with van der Waals surface area (Å²) < 4.78 is 0. The number of aliphatic hydroxyl groups excluding tert-OH is 2. The normalized spacial score (nSPS) is 28.8. The van der Waals surface area contributed by atoms with Gasteiger partial charge in [0.15, 0.2) is 0 Å². The average Bonchev–Trinajstić information content (AvgIpc) is 3.54. The van der Waals surface area contributed by atoms with E-state index in [-0.39, 0.29) is 18.8 Å². The molecule has 0 unspecified atom stereocenters. The number of nitrogens with zero attached hydrogens (tertiary/aromatic N) is 1. The van der Waals surface area contributed by atoms with E-state index in [0.717, 1.165) is 5.56 Å². The third kappa shape index (κ3) is 13.6. The number of carboxylic acids is 1. The number of aliphatic carboxylic acids is 1. The minimum Gasteiger partial charge on any atom is -0.481 e. The first kappa shape index (κ1) is 44.8. The van der Waals surface area contributed by atoms with Gasteiger partial charge < -0.3 is 47.2 Å². The Morgan fingerprint density at radius 1 is 0.891 bits per heavy atom. The van der Waals surface area contributed by atoms with Gasteiger partial charge in [-0.05, 0) is 78.3 Å². The highest BCUT2D eigenvalue weighted by Crippen LogP contribution is 2.24. The van der Waals surface area contributed by atoms with Crippen molar-refractivity contribution >= 4 is 41.4 Å². The van der Waals surface area contributed by atoms with Gasteiger partial charge in [0.25, 0.3) is 0 Å². The lowest BCUT2D eigenvalue weighted by atomic mass is 9.97. The molecule has 2 aliphatic rings. The molecule has 9 N–H and O–H groups in total. The molecule has 0 aromatic heterocycles. The van der Waals surface area contributed by atoms with Crippen LogP contribution in [0, 0.1) is 5.92 Å². The molecule has 17 heteroatoms. The lowest BCUT2D eigenvalue weighted by molar-refractivity contribution is -0.142. The molecule has 0 bridgehead atoms. The number of rotatable bonds is 8. The fourth-order valence-corrected chi connectivity index (χ4v) is 6.94. The molecular weight excluding hydrogens is 714 g/mol. The molecule has 55 heavy (non-hydrogen) atoms. The Bertz CT molecular complexity index is 1530. The van der Waals surface area contributed by atoms with Crippen molar-refractivity contribution in [1.29, 1.82) is 0 Å². The van der Waals surface area contributed by atoms with E-state index in [9.17, 15) is 48.9 Å². The summed E-state index contributed by atoms with van der Waals surface area (Å²) >= 11 is 0. The largest absolute Gasteiger partial charge is 0.481 e. The Labute approximate surface area is 322 Å². The van der Waals surface area contributed by atoms with E-state index in [4.69, 9.17) is 0 Å². The van der Waals surface area contributed by atoms with Crippen molar-refractivity contribution in [2.75, 3.05) is 6.54 Å². The Morgan fingerprint density at radius 2 is 1.53 bits per heavy atom. The molecule has 0 saturated carbocycles. The van der Waals surface area contributed by atoms with Crippen LogP contribution in [-0.4, -0.2) is 128 Å². The number of amides is 6. The van der Waals surface area contributed by atoms with Crippen LogP contribution in [0.1, 0.15) is 86.1 Å². The zero-order valence-electron chi connectivity index (χ0n) is 32.8. The van der Waals surface area contributed by atoms with Gasteiger partial charge in [-0.15, -0.1) is 0 Å². The number of benzene rings is 1. The van der Waals surface area contributed by atoms with Crippen LogP contribution in [0.5, 0.6) is 0 Å². The molecule has 306 valence electrons. The SMILES string of the molecule is CC(C)C[C@@H]1NC(=O)C[C@H](O)[C@H](Cc2ccccc2)NC(=O)[C@@H]2CCCN2[C@H](C(=O)NC(C)(C)C)[C@H](C)NC(=O)[C@H]([C@@H](C)O)NC(=O)[C@@H](CC(=O)O)NC1=O. The second-order valence-electron chi connectivity index (χ2n) is 16.1. The van der Waals surface area contributed by atoms with Gasteiger partial charge in [-0.25, -0.2) is 0 Å². The van der Waals surface area contributed by atoms with E-state index in [1.165, 1.54) is 6.92 Å². The first-order chi connectivity index (χ1) is 25.7. The molecule has 1 aromatic carbocycles. The molecule has 6 amide bonds. The summed E-state index contributed by atoms with van der Waals surface area (Å²) in [6, 6.07) is 0.390. The highest BCUT2D eigenvalue weighted by molar-refractivity contribution is 5.96. The third-order valence-electron chi connectivity index (χ3n) is 9.48. The highest BCUT2D eigenvalue weighted by atomic mass is 16.4. The van der Waals surface area contributed by atoms with Crippen LogP contribution in [-0.2, 0) is 40.0 Å². The van der Waals surface area contributed by atoms with E-state index >= 15 is 0 Å². The average molecular weight is 774 g/mol. The van der Waals surface area contributed by atoms with Crippen LogP contribution in [0.25, 0.3) is 0 Å². The number of hydrogen-bond acceptors (Lipinski definition) is 10. The monoisotopic (exact) mass is 773 g/mol. The molecule has 2 fully saturated rings. The van der Waals surface area contributed by atoms with Gasteiger partial charge in [-0.1, -0.05) is 44.2 Å². The fraction of sp³-hybridized carbons (Fsp3) is 0.658. The molecule has 3 rings (SSSR count). The maximum atomic E-state index is 14.2. The van der Waals surface area contributed by atoms with E-state index < -0.39 is 114 Å². The molecule has 0 aliphatic carbocycles.